The van der Waals surface area contributed by atoms with Gasteiger partial charge in [0.1, 0.15) is 5.82 Å². The van der Waals surface area contributed by atoms with Crippen LogP contribution in [0.25, 0.3) is 11.4 Å². The summed E-state index contributed by atoms with van der Waals surface area (Å²) in [6.45, 7) is 5.59. The zero-order valence-corrected chi connectivity index (χ0v) is 14.7. The van der Waals surface area contributed by atoms with Crippen LogP contribution >= 0.6 is 0 Å². The van der Waals surface area contributed by atoms with E-state index in [4.69, 9.17) is 4.74 Å². The molecule has 1 atom stereocenters. The van der Waals surface area contributed by atoms with E-state index in [0.29, 0.717) is 31.2 Å². The highest BCUT2D eigenvalue weighted by atomic mass is 19.4. The molecule has 8 heteroatoms. The fourth-order valence-electron chi connectivity index (χ4n) is 3.05. The van der Waals surface area contributed by atoms with E-state index in [1.807, 2.05) is 4.90 Å². The van der Waals surface area contributed by atoms with Gasteiger partial charge in [-0.15, -0.1) is 0 Å². The molecule has 0 aromatic carbocycles. The molecule has 0 aliphatic carbocycles. The molecule has 26 heavy (non-hydrogen) atoms. The quantitative estimate of drug-likeness (QED) is 0.824. The van der Waals surface area contributed by atoms with Gasteiger partial charge in [0.15, 0.2) is 11.5 Å². The zero-order chi connectivity index (χ0) is 18.7. The van der Waals surface area contributed by atoms with Crippen molar-refractivity contribution < 1.29 is 17.9 Å². The van der Waals surface area contributed by atoms with Crippen molar-refractivity contribution in [1.82, 2.24) is 15.0 Å². The van der Waals surface area contributed by atoms with E-state index < -0.39 is 11.9 Å². The zero-order valence-electron chi connectivity index (χ0n) is 14.7. The van der Waals surface area contributed by atoms with Crippen molar-refractivity contribution in [3.8, 4) is 11.4 Å². The Balaban J connectivity index is 2.05. The number of hydrogen-bond acceptors (Lipinski definition) is 5. The molecule has 0 saturated carbocycles. The van der Waals surface area contributed by atoms with Gasteiger partial charge in [0, 0.05) is 30.6 Å². The Kier molecular flexibility index (Phi) is 5.41. The smallest absolute Gasteiger partial charge is 0.377 e. The lowest BCUT2D eigenvalue weighted by Gasteiger charge is -2.37. The Labute approximate surface area is 150 Å². The number of morpholine rings is 1. The summed E-state index contributed by atoms with van der Waals surface area (Å²) in [5.41, 5.74) is -0.496. The minimum atomic E-state index is -4.55. The van der Waals surface area contributed by atoms with E-state index in [1.54, 1.807) is 18.3 Å². The number of rotatable bonds is 4. The topological polar surface area (TPSA) is 51.1 Å². The fourth-order valence-corrected chi connectivity index (χ4v) is 3.05. The molecule has 2 aromatic heterocycles. The highest BCUT2D eigenvalue weighted by Crippen LogP contribution is 2.33. The van der Waals surface area contributed by atoms with Crippen LogP contribution in [-0.4, -0.2) is 40.8 Å². The van der Waals surface area contributed by atoms with Gasteiger partial charge in [0.25, 0.3) is 0 Å². The van der Waals surface area contributed by atoms with Crippen LogP contribution in [0.5, 0.6) is 0 Å². The summed E-state index contributed by atoms with van der Waals surface area (Å²) in [5.74, 6) is 0.698. The van der Waals surface area contributed by atoms with Crippen LogP contribution in [0.3, 0.4) is 0 Å². The van der Waals surface area contributed by atoms with Crippen LogP contribution in [0.2, 0.25) is 0 Å². The van der Waals surface area contributed by atoms with Crippen LogP contribution in [-0.2, 0) is 10.9 Å². The molecule has 1 aliphatic heterocycles. The van der Waals surface area contributed by atoms with Crippen LogP contribution in [0.4, 0.5) is 19.0 Å². The lowest BCUT2D eigenvalue weighted by Crippen LogP contribution is -2.46. The lowest BCUT2D eigenvalue weighted by molar-refractivity contribution is -0.141. The van der Waals surface area contributed by atoms with Gasteiger partial charge in [-0.25, -0.2) is 9.97 Å². The third-order valence-electron chi connectivity index (χ3n) is 4.19. The number of anilines is 1. The van der Waals surface area contributed by atoms with Crippen LogP contribution in [0.15, 0.2) is 30.6 Å². The summed E-state index contributed by atoms with van der Waals surface area (Å²) < 4.78 is 45.7. The van der Waals surface area contributed by atoms with Gasteiger partial charge in [-0.2, -0.15) is 13.2 Å². The molecule has 0 amide bonds. The Bertz CT molecular complexity index is 737. The molecule has 140 valence electrons. The maximum atomic E-state index is 13.4. The Morgan fingerprint density at radius 1 is 1.31 bits per heavy atom. The van der Waals surface area contributed by atoms with Gasteiger partial charge < -0.3 is 9.64 Å². The lowest BCUT2D eigenvalue weighted by atomic mass is 10.0. The van der Waals surface area contributed by atoms with Gasteiger partial charge in [-0.1, -0.05) is 13.8 Å². The normalized spacial score (nSPS) is 18.4. The largest absolute Gasteiger partial charge is 0.433 e. The summed E-state index contributed by atoms with van der Waals surface area (Å²) in [5, 5.41) is 0. The summed E-state index contributed by atoms with van der Waals surface area (Å²) in [6, 6.07) is 4.31. The van der Waals surface area contributed by atoms with Gasteiger partial charge >= 0.3 is 6.18 Å². The standard InChI is InChI=1S/C18H21F3N4O/c1-12(2)8-14-11-26-7-6-25(14)16-9-15(18(19,20)21)23-17(24-16)13-4-3-5-22-10-13/h3-5,9-10,12,14H,6-8,11H2,1-2H3/t14-/m1/s1. The molecule has 3 rings (SSSR count). The molecule has 0 spiro atoms. The first-order chi connectivity index (χ1) is 12.3. The third kappa shape index (κ3) is 4.30. The number of alkyl halides is 3. The van der Waals surface area contributed by atoms with Crippen LogP contribution in [0.1, 0.15) is 26.0 Å². The first-order valence-electron chi connectivity index (χ1n) is 8.55. The molecule has 5 nitrogen and oxygen atoms in total. The highest BCUT2D eigenvalue weighted by molar-refractivity contribution is 5.57. The van der Waals surface area contributed by atoms with Gasteiger partial charge in [-0.05, 0) is 24.5 Å². The molecule has 0 bridgehead atoms. The second-order valence-electron chi connectivity index (χ2n) is 6.73. The van der Waals surface area contributed by atoms with Crippen molar-refractivity contribution in [3.05, 3.63) is 36.3 Å². The molecule has 1 aliphatic rings. The van der Waals surface area contributed by atoms with Crippen LogP contribution in [0, 0.1) is 5.92 Å². The van der Waals surface area contributed by atoms with Crippen molar-refractivity contribution in [2.45, 2.75) is 32.5 Å². The fraction of sp³-hybridized carbons (Fsp3) is 0.500. The van der Waals surface area contributed by atoms with E-state index in [-0.39, 0.29) is 17.7 Å². The van der Waals surface area contributed by atoms with E-state index in [1.165, 1.54) is 6.20 Å². The van der Waals surface area contributed by atoms with Gasteiger partial charge in [0.05, 0.1) is 19.3 Å². The van der Waals surface area contributed by atoms with Crippen molar-refractivity contribution >= 4 is 5.82 Å². The molecule has 1 saturated heterocycles. The van der Waals surface area contributed by atoms with Gasteiger partial charge in [-0.3, -0.25) is 4.98 Å². The van der Waals surface area contributed by atoms with Crippen molar-refractivity contribution in [2.24, 2.45) is 5.92 Å². The minimum Gasteiger partial charge on any atom is -0.377 e. The Morgan fingerprint density at radius 2 is 2.12 bits per heavy atom. The van der Waals surface area contributed by atoms with E-state index in [2.05, 4.69) is 28.8 Å². The Hall–Kier alpha value is -2.22. The number of aromatic nitrogens is 3. The molecular formula is C18H21F3N4O. The third-order valence-corrected chi connectivity index (χ3v) is 4.19. The molecule has 1 fully saturated rings. The van der Waals surface area contributed by atoms with Crippen LogP contribution < -0.4 is 4.90 Å². The predicted octanol–water partition coefficient (Wildman–Crippen LogP) is 3.81. The predicted molar refractivity (Wildman–Crippen MR) is 91.7 cm³/mol. The average Bonchev–Trinajstić information content (AvgIpc) is 2.61. The highest BCUT2D eigenvalue weighted by Gasteiger charge is 2.35. The molecule has 2 aromatic rings. The van der Waals surface area contributed by atoms with E-state index in [0.717, 1.165) is 12.5 Å². The van der Waals surface area contributed by atoms with E-state index in [9.17, 15) is 13.2 Å². The summed E-state index contributed by atoms with van der Waals surface area (Å²) in [4.78, 5) is 14.0. The second kappa shape index (κ2) is 7.57. The van der Waals surface area contributed by atoms with Crippen molar-refractivity contribution in [1.29, 1.82) is 0 Å². The van der Waals surface area contributed by atoms with Gasteiger partial charge in [0.2, 0.25) is 0 Å². The monoisotopic (exact) mass is 366 g/mol. The second-order valence-corrected chi connectivity index (χ2v) is 6.73. The van der Waals surface area contributed by atoms with Crippen molar-refractivity contribution in [3.63, 3.8) is 0 Å². The SMILES string of the molecule is CC(C)C[C@@H]1COCCN1c1cc(C(F)(F)F)nc(-c2cccnc2)n1. The Morgan fingerprint density at radius 3 is 2.77 bits per heavy atom. The molecular weight excluding hydrogens is 345 g/mol. The number of hydrogen-bond donors (Lipinski definition) is 0. The summed E-state index contributed by atoms with van der Waals surface area (Å²) in [6.07, 6.45) is -0.717. The number of halogens is 3. The number of ether oxygens (including phenoxy) is 1. The first-order valence-corrected chi connectivity index (χ1v) is 8.55. The average molecular weight is 366 g/mol. The molecule has 0 N–H and O–H groups in total. The van der Waals surface area contributed by atoms with E-state index >= 15 is 0 Å². The van der Waals surface area contributed by atoms with Crippen molar-refractivity contribution in [2.75, 3.05) is 24.7 Å². The molecule has 3 heterocycles. The summed E-state index contributed by atoms with van der Waals surface area (Å²) in [7, 11) is 0. The summed E-state index contributed by atoms with van der Waals surface area (Å²) >= 11 is 0. The maximum absolute atomic E-state index is 13.4. The first kappa shape index (κ1) is 18.6. The maximum Gasteiger partial charge on any atom is 0.433 e. The minimum absolute atomic E-state index is 0.0125. The molecule has 0 unspecified atom stereocenters. The number of nitrogens with zero attached hydrogens (tertiary/aromatic N) is 4. The number of pyridine rings is 1. The molecule has 0 radical (unpaired) electrons.